The van der Waals surface area contributed by atoms with Crippen molar-refractivity contribution in [2.24, 2.45) is 0 Å². The van der Waals surface area contributed by atoms with Gasteiger partial charge >= 0.3 is 0 Å². The van der Waals surface area contributed by atoms with Crippen LogP contribution in [0.25, 0.3) is 32.5 Å². The van der Waals surface area contributed by atoms with Crippen LogP contribution in [0.2, 0.25) is 0 Å². The standard InChI is InChI=1S/C30H22N2O2/c1-30(29-16-19-4-2-3-5-26(19)34-29)24-12-20-10-22(31)8-6-17(20)14-27(24)33-28-15-18-7-9-23(32)11-21(18)13-25(28)30/h2-16H,31-32H2,1H3. The normalized spacial score (nSPS) is 14.1. The van der Waals surface area contributed by atoms with Crippen LogP contribution in [0.3, 0.4) is 0 Å². The molecule has 0 radical (unpaired) electrons. The number of fused-ring (bicyclic) bond motifs is 5. The van der Waals surface area contributed by atoms with Crippen LogP contribution in [-0.4, -0.2) is 0 Å². The summed E-state index contributed by atoms with van der Waals surface area (Å²) in [5.41, 5.74) is 16.1. The van der Waals surface area contributed by atoms with Crippen molar-refractivity contribution in [2.45, 2.75) is 12.3 Å². The van der Waals surface area contributed by atoms with E-state index in [0.717, 1.165) is 72.3 Å². The van der Waals surface area contributed by atoms with Gasteiger partial charge in [-0.2, -0.15) is 0 Å². The molecule has 164 valence electrons. The molecule has 0 spiro atoms. The molecular formula is C30H22N2O2. The number of nitrogens with two attached hydrogens (primary N) is 2. The first-order chi connectivity index (χ1) is 16.5. The number of rotatable bonds is 1. The molecule has 1 aliphatic rings. The fourth-order valence-electron chi connectivity index (χ4n) is 5.30. The lowest BCUT2D eigenvalue weighted by Crippen LogP contribution is -2.29. The van der Waals surface area contributed by atoms with Crippen LogP contribution in [0.1, 0.15) is 23.8 Å². The van der Waals surface area contributed by atoms with E-state index >= 15 is 0 Å². The van der Waals surface area contributed by atoms with Crippen LogP contribution in [-0.2, 0) is 5.41 Å². The predicted octanol–water partition coefficient (Wildman–Crippen LogP) is 7.36. The highest BCUT2D eigenvalue weighted by Crippen LogP contribution is 2.54. The first-order valence-corrected chi connectivity index (χ1v) is 11.3. The highest BCUT2D eigenvalue weighted by molar-refractivity contribution is 5.92. The van der Waals surface area contributed by atoms with Crippen molar-refractivity contribution < 1.29 is 9.15 Å². The molecule has 4 nitrogen and oxygen atoms in total. The molecule has 0 saturated carbocycles. The molecule has 4 heteroatoms. The first-order valence-electron chi connectivity index (χ1n) is 11.3. The van der Waals surface area contributed by atoms with Crippen LogP contribution in [0, 0.1) is 0 Å². The quantitative estimate of drug-likeness (QED) is 0.261. The maximum atomic E-state index is 6.54. The van der Waals surface area contributed by atoms with Crippen molar-refractivity contribution in [3.8, 4) is 11.5 Å². The molecule has 7 rings (SSSR count). The van der Waals surface area contributed by atoms with Crippen LogP contribution >= 0.6 is 0 Å². The van der Waals surface area contributed by atoms with Crippen LogP contribution in [0.4, 0.5) is 11.4 Å². The van der Waals surface area contributed by atoms with Crippen molar-refractivity contribution in [2.75, 3.05) is 11.5 Å². The molecule has 1 aliphatic heterocycles. The smallest absolute Gasteiger partial charge is 0.134 e. The predicted molar refractivity (Wildman–Crippen MR) is 139 cm³/mol. The van der Waals surface area contributed by atoms with E-state index < -0.39 is 5.41 Å². The summed E-state index contributed by atoms with van der Waals surface area (Å²) in [7, 11) is 0. The lowest BCUT2D eigenvalue weighted by Gasteiger charge is -2.36. The summed E-state index contributed by atoms with van der Waals surface area (Å²) in [5.74, 6) is 2.51. The fraction of sp³-hybridized carbons (Fsp3) is 0.0667. The Hall–Kier alpha value is -4.44. The molecule has 0 fully saturated rings. The van der Waals surface area contributed by atoms with Gasteiger partial charge in [-0.05, 0) is 89.1 Å². The zero-order valence-electron chi connectivity index (χ0n) is 18.6. The van der Waals surface area contributed by atoms with Crippen molar-refractivity contribution >= 4 is 43.9 Å². The second-order valence-corrected chi connectivity index (χ2v) is 9.29. The molecule has 0 amide bonds. The fourth-order valence-corrected chi connectivity index (χ4v) is 5.30. The Balaban J connectivity index is 1.59. The van der Waals surface area contributed by atoms with Gasteiger partial charge in [0.25, 0.3) is 0 Å². The maximum Gasteiger partial charge on any atom is 0.134 e. The van der Waals surface area contributed by atoms with Gasteiger partial charge in [0.2, 0.25) is 0 Å². The molecule has 0 bridgehead atoms. The van der Waals surface area contributed by atoms with Crippen molar-refractivity contribution in [3.63, 3.8) is 0 Å². The zero-order chi connectivity index (χ0) is 23.0. The average molecular weight is 443 g/mol. The first kappa shape index (κ1) is 19.1. The highest BCUT2D eigenvalue weighted by Gasteiger charge is 2.43. The van der Waals surface area contributed by atoms with Crippen LogP contribution < -0.4 is 16.2 Å². The molecule has 4 N–H and O–H groups in total. The van der Waals surface area contributed by atoms with Gasteiger partial charge in [0.15, 0.2) is 0 Å². The summed E-state index contributed by atoms with van der Waals surface area (Å²) >= 11 is 0. The number of hydrogen-bond acceptors (Lipinski definition) is 4. The van der Waals surface area contributed by atoms with Gasteiger partial charge in [-0.3, -0.25) is 0 Å². The van der Waals surface area contributed by atoms with E-state index in [4.69, 9.17) is 20.6 Å². The number of ether oxygens (including phenoxy) is 1. The van der Waals surface area contributed by atoms with E-state index in [1.807, 2.05) is 54.6 Å². The Kier molecular flexibility index (Phi) is 3.67. The molecular weight excluding hydrogens is 420 g/mol. The number of hydrogen-bond donors (Lipinski definition) is 2. The number of nitrogen functional groups attached to an aromatic ring is 2. The van der Waals surface area contributed by atoms with Crippen LogP contribution in [0.5, 0.6) is 11.5 Å². The number of benzene rings is 5. The van der Waals surface area contributed by atoms with E-state index in [1.54, 1.807) is 0 Å². The summed E-state index contributed by atoms with van der Waals surface area (Å²) in [6.07, 6.45) is 0. The topological polar surface area (TPSA) is 74.4 Å². The summed E-state index contributed by atoms with van der Waals surface area (Å²) in [6.45, 7) is 2.21. The van der Waals surface area contributed by atoms with Gasteiger partial charge in [0.1, 0.15) is 22.8 Å². The molecule has 2 heterocycles. The van der Waals surface area contributed by atoms with Gasteiger partial charge in [0.05, 0.1) is 5.41 Å². The number of para-hydroxylation sites is 1. The van der Waals surface area contributed by atoms with Gasteiger partial charge < -0.3 is 20.6 Å². The maximum absolute atomic E-state index is 6.54. The highest BCUT2D eigenvalue weighted by atomic mass is 16.5. The second kappa shape index (κ2) is 6.55. The lowest BCUT2D eigenvalue weighted by molar-refractivity contribution is 0.396. The SMILES string of the molecule is CC1(c2cc3ccccc3o2)c2cc3cc(N)ccc3cc2Oc2cc3ccc(N)cc3cc21. The third kappa shape index (κ3) is 2.59. The van der Waals surface area contributed by atoms with Gasteiger partial charge in [-0.25, -0.2) is 0 Å². The molecule has 6 aromatic rings. The summed E-state index contributed by atoms with van der Waals surface area (Å²) < 4.78 is 13.0. The Morgan fingerprint density at radius 3 is 1.76 bits per heavy atom. The van der Waals surface area contributed by atoms with E-state index in [0.29, 0.717) is 0 Å². The summed E-state index contributed by atoms with van der Waals surface area (Å²) in [6, 6.07) is 30.7. The largest absolute Gasteiger partial charge is 0.460 e. The third-order valence-corrected chi connectivity index (χ3v) is 7.14. The molecule has 0 aliphatic carbocycles. The van der Waals surface area contributed by atoms with Crippen molar-refractivity contribution in [1.29, 1.82) is 0 Å². The minimum atomic E-state index is -0.584. The Bertz CT molecular complexity index is 1660. The Morgan fingerprint density at radius 1 is 0.588 bits per heavy atom. The minimum Gasteiger partial charge on any atom is -0.460 e. The second-order valence-electron chi connectivity index (χ2n) is 9.29. The number of furan rings is 1. The average Bonchev–Trinajstić information content (AvgIpc) is 3.28. The van der Waals surface area contributed by atoms with E-state index in [2.05, 4.69) is 43.3 Å². The summed E-state index contributed by atoms with van der Waals surface area (Å²) in [5, 5.41) is 5.37. The Labute approximate surface area is 196 Å². The van der Waals surface area contributed by atoms with Gasteiger partial charge in [0, 0.05) is 27.9 Å². The molecule has 0 saturated heterocycles. The monoisotopic (exact) mass is 442 g/mol. The zero-order valence-corrected chi connectivity index (χ0v) is 18.6. The molecule has 0 unspecified atom stereocenters. The third-order valence-electron chi connectivity index (χ3n) is 7.14. The molecule has 0 atom stereocenters. The van der Waals surface area contributed by atoms with Gasteiger partial charge in [-0.15, -0.1) is 0 Å². The molecule has 34 heavy (non-hydrogen) atoms. The lowest BCUT2D eigenvalue weighted by atomic mass is 9.71. The Morgan fingerprint density at radius 2 is 1.18 bits per heavy atom. The molecule has 5 aromatic carbocycles. The minimum absolute atomic E-state index is 0.584. The van der Waals surface area contributed by atoms with E-state index in [1.165, 1.54) is 0 Å². The van der Waals surface area contributed by atoms with E-state index in [-0.39, 0.29) is 0 Å². The van der Waals surface area contributed by atoms with Crippen LogP contribution in [0.15, 0.2) is 95.4 Å². The van der Waals surface area contributed by atoms with Crippen molar-refractivity contribution in [3.05, 3.63) is 108 Å². The summed E-state index contributed by atoms with van der Waals surface area (Å²) in [4.78, 5) is 0. The van der Waals surface area contributed by atoms with Gasteiger partial charge in [-0.1, -0.05) is 30.3 Å². The van der Waals surface area contributed by atoms with E-state index in [9.17, 15) is 0 Å². The molecule has 1 aromatic heterocycles. The van der Waals surface area contributed by atoms with Crippen molar-refractivity contribution in [1.82, 2.24) is 0 Å². The number of anilines is 2.